The van der Waals surface area contributed by atoms with Crippen molar-refractivity contribution in [2.75, 3.05) is 19.5 Å². The highest BCUT2D eigenvalue weighted by molar-refractivity contribution is 7.88. The summed E-state index contributed by atoms with van der Waals surface area (Å²) in [5.74, 6) is 0.899. The molecule has 1 N–H and O–H groups in total. The van der Waals surface area contributed by atoms with E-state index in [1.165, 1.54) is 13.1 Å². The maximum absolute atomic E-state index is 12.8. The number of nitrogens with zero attached hydrogens (tertiary/aromatic N) is 2. The molecular formula is C21H23N3O5S. The minimum atomic E-state index is -3.93. The van der Waals surface area contributed by atoms with Crippen molar-refractivity contribution >= 4 is 27.5 Å². The van der Waals surface area contributed by atoms with Crippen LogP contribution in [0.1, 0.15) is 18.1 Å². The number of amides is 1. The topological polar surface area (TPSA) is 97.3 Å². The number of methoxy groups -OCH3 is 2. The molecule has 0 spiro atoms. The Morgan fingerprint density at radius 2 is 1.67 bits per heavy atom. The SMILES string of the molecule is COc1ccc(CN2C=C(C(=O)Nc3ccc(OC)cc3C)C(C)=NS2(=O)=O)cc1. The highest BCUT2D eigenvalue weighted by Gasteiger charge is 2.28. The molecule has 0 saturated carbocycles. The lowest BCUT2D eigenvalue weighted by molar-refractivity contribution is -0.112. The fourth-order valence-electron chi connectivity index (χ4n) is 2.93. The number of carbonyl (C=O) groups is 1. The van der Waals surface area contributed by atoms with Gasteiger partial charge in [0.15, 0.2) is 0 Å². The standard InChI is InChI=1S/C21H23N3O5S/c1-14-11-18(29-4)9-10-20(14)22-21(25)19-13-24(30(26,27)23-15(19)2)12-16-5-7-17(28-3)8-6-16/h5-11,13H,12H2,1-4H3,(H,22,25). The van der Waals surface area contributed by atoms with E-state index >= 15 is 0 Å². The van der Waals surface area contributed by atoms with Crippen molar-refractivity contribution in [1.82, 2.24) is 4.31 Å². The summed E-state index contributed by atoms with van der Waals surface area (Å²) in [4.78, 5) is 12.8. The van der Waals surface area contributed by atoms with Gasteiger partial charge < -0.3 is 14.8 Å². The summed E-state index contributed by atoms with van der Waals surface area (Å²) in [6.07, 6.45) is 1.32. The van der Waals surface area contributed by atoms with E-state index in [1.807, 2.05) is 6.92 Å². The third-order valence-corrected chi connectivity index (χ3v) is 5.97. The second kappa shape index (κ2) is 8.58. The molecule has 9 heteroatoms. The number of benzene rings is 2. The molecule has 1 heterocycles. The zero-order valence-electron chi connectivity index (χ0n) is 17.2. The van der Waals surface area contributed by atoms with Crippen LogP contribution in [0, 0.1) is 6.92 Å². The van der Waals surface area contributed by atoms with Gasteiger partial charge in [0, 0.05) is 11.9 Å². The van der Waals surface area contributed by atoms with Gasteiger partial charge in [-0.1, -0.05) is 12.1 Å². The second-order valence-electron chi connectivity index (χ2n) is 6.73. The highest BCUT2D eigenvalue weighted by atomic mass is 32.2. The molecule has 0 unspecified atom stereocenters. The van der Waals surface area contributed by atoms with Crippen LogP contribution in [-0.2, 0) is 21.5 Å². The number of hydrogen-bond acceptors (Lipinski definition) is 5. The average molecular weight is 429 g/mol. The molecule has 0 atom stereocenters. The predicted octanol–water partition coefficient (Wildman–Crippen LogP) is 3.06. The smallest absolute Gasteiger partial charge is 0.344 e. The van der Waals surface area contributed by atoms with E-state index < -0.39 is 16.1 Å². The molecule has 0 saturated heterocycles. The van der Waals surface area contributed by atoms with Gasteiger partial charge in [-0.3, -0.25) is 9.10 Å². The number of carbonyl (C=O) groups excluding carboxylic acids is 1. The molecule has 2 aromatic rings. The Kier molecular flexibility index (Phi) is 6.12. The molecule has 1 amide bonds. The lowest BCUT2D eigenvalue weighted by atomic mass is 10.1. The normalized spacial score (nSPS) is 15.1. The molecule has 0 fully saturated rings. The number of ether oxygens (including phenoxy) is 2. The Hall–Kier alpha value is -3.33. The largest absolute Gasteiger partial charge is 0.497 e. The number of hydrogen-bond donors (Lipinski definition) is 1. The molecule has 0 bridgehead atoms. The molecule has 8 nitrogen and oxygen atoms in total. The first-order chi connectivity index (χ1) is 14.2. The summed E-state index contributed by atoms with van der Waals surface area (Å²) in [6.45, 7) is 3.38. The molecule has 30 heavy (non-hydrogen) atoms. The molecule has 2 aromatic carbocycles. The Morgan fingerprint density at radius 3 is 2.27 bits per heavy atom. The van der Waals surface area contributed by atoms with Crippen molar-refractivity contribution in [3.8, 4) is 11.5 Å². The zero-order chi connectivity index (χ0) is 21.9. The summed E-state index contributed by atoms with van der Waals surface area (Å²) in [5.41, 5.74) is 2.45. The van der Waals surface area contributed by atoms with E-state index in [9.17, 15) is 13.2 Å². The number of rotatable bonds is 6. The van der Waals surface area contributed by atoms with Crippen LogP contribution in [0.3, 0.4) is 0 Å². The van der Waals surface area contributed by atoms with Crippen molar-refractivity contribution in [3.63, 3.8) is 0 Å². The van der Waals surface area contributed by atoms with E-state index in [2.05, 4.69) is 9.71 Å². The van der Waals surface area contributed by atoms with Gasteiger partial charge >= 0.3 is 10.2 Å². The fourth-order valence-corrected chi connectivity index (χ4v) is 4.03. The minimum absolute atomic E-state index is 0.0431. The zero-order valence-corrected chi connectivity index (χ0v) is 18.0. The lowest BCUT2D eigenvalue weighted by Gasteiger charge is -2.24. The first kappa shape index (κ1) is 21.4. The highest BCUT2D eigenvalue weighted by Crippen LogP contribution is 2.24. The first-order valence-electron chi connectivity index (χ1n) is 9.13. The molecular weight excluding hydrogens is 406 g/mol. The number of nitrogens with one attached hydrogen (secondary N) is 1. The Labute approximate surface area is 176 Å². The van der Waals surface area contributed by atoms with Crippen LogP contribution in [0.25, 0.3) is 0 Å². The van der Waals surface area contributed by atoms with Crippen LogP contribution >= 0.6 is 0 Å². The maximum atomic E-state index is 12.8. The van der Waals surface area contributed by atoms with Gasteiger partial charge in [0.1, 0.15) is 11.5 Å². The summed E-state index contributed by atoms with van der Waals surface area (Å²) in [7, 11) is -0.804. The van der Waals surface area contributed by atoms with Crippen LogP contribution in [0.4, 0.5) is 5.69 Å². The van der Waals surface area contributed by atoms with E-state index in [0.29, 0.717) is 17.2 Å². The van der Waals surface area contributed by atoms with Gasteiger partial charge in [0.05, 0.1) is 32.0 Å². The van der Waals surface area contributed by atoms with E-state index in [0.717, 1.165) is 15.4 Å². The average Bonchev–Trinajstić information content (AvgIpc) is 2.71. The molecule has 3 rings (SSSR count). The van der Waals surface area contributed by atoms with Crippen molar-refractivity contribution in [2.45, 2.75) is 20.4 Å². The third-order valence-electron chi connectivity index (χ3n) is 4.64. The molecule has 0 radical (unpaired) electrons. The van der Waals surface area contributed by atoms with Crippen LogP contribution in [-0.4, -0.2) is 38.6 Å². The summed E-state index contributed by atoms with van der Waals surface area (Å²) < 4.78 is 40.1. The van der Waals surface area contributed by atoms with Gasteiger partial charge in [-0.2, -0.15) is 8.42 Å². The molecule has 1 aliphatic heterocycles. The molecule has 0 aromatic heterocycles. The second-order valence-corrected chi connectivity index (χ2v) is 8.27. The van der Waals surface area contributed by atoms with Gasteiger partial charge in [-0.15, -0.1) is 4.40 Å². The van der Waals surface area contributed by atoms with Crippen LogP contribution < -0.4 is 14.8 Å². The van der Waals surface area contributed by atoms with Gasteiger partial charge in [-0.05, 0) is 55.3 Å². The summed E-state index contributed by atoms with van der Waals surface area (Å²) >= 11 is 0. The Bertz CT molecular complexity index is 1120. The van der Waals surface area contributed by atoms with Crippen LogP contribution in [0.15, 0.2) is 58.6 Å². The fraction of sp³-hybridized carbons (Fsp3) is 0.238. The van der Waals surface area contributed by atoms with Gasteiger partial charge in [0.2, 0.25) is 0 Å². The molecule has 1 aliphatic rings. The van der Waals surface area contributed by atoms with E-state index in [1.54, 1.807) is 56.7 Å². The Balaban J connectivity index is 1.85. The van der Waals surface area contributed by atoms with Gasteiger partial charge in [-0.25, -0.2) is 0 Å². The van der Waals surface area contributed by atoms with Crippen LogP contribution in [0.5, 0.6) is 11.5 Å². The minimum Gasteiger partial charge on any atom is -0.497 e. The number of anilines is 1. The molecule has 0 aliphatic carbocycles. The maximum Gasteiger partial charge on any atom is 0.344 e. The van der Waals surface area contributed by atoms with Crippen molar-refractivity contribution in [2.24, 2.45) is 4.40 Å². The van der Waals surface area contributed by atoms with Crippen LogP contribution in [0.2, 0.25) is 0 Å². The molecule has 158 valence electrons. The first-order valence-corrected chi connectivity index (χ1v) is 10.5. The van der Waals surface area contributed by atoms with E-state index in [-0.39, 0.29) is 17.8 Å². The Morgan fingerprint density at radius 1 is 1.03 bits per heavy atom. The lowest BCUT2D eigenvalue weighted by Crippen LogP contribution is -2.32. The van der Waals surface area contributed by atoms with Crippen molar-refractivity contribution in [3.05, 3.63) is 65.4 Å². The quantitative estimate of drug-likeness (QED) is 0.761. The van der Waals surface area contributed by atoms with Gasteiger partial charge in [0.25, 0.3) is 5.91 Å². The third kappa shape index (κ3) is 4.62. The van der Waals surface area contributed by atoms with Crippen molar-refractivity contribution < 1.29 is 22.7 Å². The summed E-state index contributed by atoms with van der Waals surface area (Å²) in [6, 6.07) is 12.3. The summed E-state index contributed by atoms with van der Waals surface area (Å²) in [5, 5.41) is 2.81. The predicted molar refractivity (Wildman–Crippen MR) is 115 cm³/mol. The van der Waals surface area contributed by atoms with E-state index in [4.69, 9.17) is 9.47 Å². The monoisotopic (exact) mass is 429 g/mol. The number of aryl methyl sites for hydroxylation is 1. The van der Waals surface area contributed by atoms with Crippen molar-refractivity contribution in [1.29, 1.82) is 0 Å².